The Hall–Kier alpha value is -6.33. The van der Waals surface area contributed by atoms with Crippen molar-refractivity contribution in [3.63, 3.8) is 0 Å². The van der Waals surface area contributed by atoms with E-state index in [4.69, 9.17) is 19.4 Å². The molecule has 9 rings (SSSR count). The fourth-order valence-electron chi connectivity index (χ4n) is 6.25. The number of para-hydroxylation sites is 3. The van der Waals surface area contributed by atoms with Gasteiger partial charge in [0.1, 0.15) is 5.52 Å². The molecule has 0 spiro atoms. The molecule has 0 N–H and O–H groups in total. The van der Waals surface area contributed by atoms with E-state index in [1.807, 2.05) is 60.7 Å². The van der Waals surface area contributed by atoms with Gasteiger partial charge in [-0.05, 0) is 48.5 Å². The number of benzene rings is 6. The zero-order valence-electron chi connectivity index (χ0n) is 24.7. The van der Waals surface area contributed by atoms with E-state index in [1.54, 1.807) is 0 Å². The third-order valence-electron chi connectivity index (χ3n) is 8.44. The first-order valence-corrected chi connectivity index (χ1v) is 15.3. The Kier molecular flexibility index (Phi) is 6.06. The molecule has 46 heavy (non-hydrogen) atoms. The summed E-state index contributed by atoms with van der Waals surface area (Å²) in [4.78, 5) is 14.8. The van der Waals surface area contributed by atoms with Gasteiger partial charge in [-0.1, -0.05) is 109 Å². The fourth-order valence-corrected chi connectivity index (χ4v) is 6.25. The van der Waals surface area contributed by atoms with Gasteiger partial charge in [0.05, 0.1) is 22.4 Å². The number of aromatic nitrogens is 4. The number of nitrogens with zero attached hydrogens (tertiary/aromatic N) is 4. The smallest absolute Gasteiger partial charge is 0.227 e. The summed E-state index contributed by atoms with van der Waals surface area (Å²) in [5.41, 5.74) is 10.6. The summed E-state index contributed by atoms with van der Waals surface area (Å²) in [6.07, 6.45) is 0. The predicted molar refractivity (Wildman–Crippen MR) is 186 cm³/mol. The van der Waals surface area contributed by atoms with E-state index in [-0.39, 0.29) is 0 Å². The maximum Gasteiger partial charge on any atom is 0.227 e. The molecule has 0 saturated heterocycles. The van der Waals surface area contributed by atoms with Gasteiger partial charge in [-0.2, -0.15) is 0 Å². The predicted octanol–water partition coefficient (Wildman–Crippen LogP) is 10.4. The highest BCUT2D eigenvalue weighted by atomic mass is 16.3. The van der Waals surface area contributed by atoms with Crippen LogP contribution in [0.5, 0.6) is 0 Å². The van der Waals surface area contributed by atoms with E-state index in [0.717, 1.165) is 61.5 Å². The van der Waals surface area contributed by atoms with Crippen LogP contribution in [-0.4, -0.2) is 19.5 Å². The molecule has 0 unspecified atom stereocenters. The lowest BCUT2D eigenvalue weighted by Gasteiger charge is -2.12. The lowest BCUT2D eigenvalue weighted by Crippen LogP contribution is -1.98. The molecular weight excluding hydrogens is 564 g/mol. The average molecular weight is 591 g/mol. The molecule has 3 aromatic heterocycles. The second-order valence-electron chi connectivity index (χ2n) is 11.3. The van der Waals surface area contributed by atoms with E-state index in [0.29, 0.717) is 11.7 Å². The Balaban J connectivity index is 1.23. The fraction of sp³-hybridized carbons (Fsp3) is 0. The van der Waals surface area contributed by atoms with Crippen molar-refractivity contribution < 1.29 is 4.42 Å². The van der Waals surface area contributed by atoms with Gasteiger partial charge in [0, 0.05) is 38.7 Å². The third-order valence-corrected chi connectivity index (χ3v) is 8.44. The molecule has 0 fully saturated rings. The zero-order valence-corrected chi connectivity index (χ0v) is 24.7. The van der Waals surface area contributed by atoms with E-state index in [2.05, 4.69) is 102 Å². The van der Waals surface area contributed by atoms with Gasteiger partial charge in [-0.15, -0.1) is 0 Å². The second kappa shape index (κ2) is 10.7. The van der Waals surface area contributed by atoms with Gasteiger partial charge in [-0.25, -0.2) is 15.0 Å². The minimum atomic E-state index is 0.608. The molecule has 3 heterocycles. The van der Waals surface area contributed by atoms with Crippen LogP contribution in [0.3, 0.4) is 0 Å². The summed E-state index contributed by atoms with van der Waals surface area (Å²) < 4.78 is 8.48. The van der Waals surface area contributed by atoms with Crippen LogP contribution < -0.4 is 0 Å². The number of rotatable bonds is 5. The highest BCUT2D eigenvalue weighted by Crippen LogP contribution is 2.36. The van der Waals surface area contributed by atoms with Crippen LogP contribution in [0.15, 0.2) is 162 Å². The third kappa shape index (κ3) is 4.45. The van der Waals surface area contributed by atoms with Gasteiger partial charge in [0.15, 0.2) is 11.4 Å². The standard InChI is InChI=1S/C41H26N4O/c1-3-12-27(13-4-1)35-26-36(43-40(42-35)28-14-5-2-6-15-28)29-16-11-17-31(24-29)45-37-20-9-7-18-32(37)33-23-22-30(25-38(33)45)41-44-34-19-8-10-21-39(34)46-41/h1-26H. The second-order valence-corrected chi connectivity index (χ2v) is 11.3. The van der Waals surface area contributed by atoms with Crippen molar-refractivity contribution in [2.45, 2.75) is 0 Å². The minimum absolute atomic E-state index is 0.608. The molecule has 5 heteroatoms. The largest absolute Gasteiger partial charge is 0.436 e. The topological polar surface area (TPSA) is 56.7 Å². The van der Waals surface area contributed by atoms with Crippen molar-refractivity contribution in [2.75, 3.05) is 0 Å². The van der Waals surface area contributed by atoms with Crippen molar-refractivity contribution in [1.29, 1.82) is 0 Å². The summed E-state index contributed by atoms with van der Waals surface area (Å²) in [7, 11) is 0. The van der Waals surface area contributed by atoms with Crippen molar-refractivity contribution in [3.8, 4) is 51.0 Å². The molecule has 0 aliphatic carbocycles. The van der Waals surface area contributed by atoms with Crippen LogP contribution in [0.1, 0.15) is 0 Å². The molecule has 0 bridgehead atoms. The molecule has 9 aromatic rings. The van der Waals surface area contributed by atoms with Gasteiger partial charge >= 0.3 is 0 Å². The average Bonchev–Trinajstić information content (AvgIpc) is 3.72. The van der Waals surface area contributed by atoms with Crippen molar-refractivity contribution in [3.05, 3.63) is 158 Å². The highest BCUT2D eigenvalue weighted by molar-refractivity contribution is 6.10. The molecule has 0 radical (unpaired) electrons. The van der Waals surface area contributed by atoms with Crippen molar-refractivity contribution in [1.82, 2.24) is 19.5 Å². The molecule has 0 aliphatic rings. The van der Waals surface area contributed by atoms with Crippen molar-refractivity contribution in [2.24, 2.45) is 0 Å². The zero-order chi connectivity index (χ0) is 30.5. The number of fused-ring (bicyclic) bond motifs is 4. The maximum atomic E-state index is 6.16. The van der Waals surface area contributed by atoms with Gasteiger partial charge < -0.3 is 8.98 Å². The first-order valence-electron chi connectivity index (χ1n) is 15.3. The first kappa shape index (κ1) is 26.1. The lowest BCUT2D eigenvalue weighted by molar-refractivity contribution is 0.620. The Bertz CT molecular complexity index is 2440. The van der Waals surface area contributed by atoms with Crippen LogP contribution in [0.4, 0.5) is 0 Å². The van der Waals surface area contributed by atoms with Gasteiger partial charge in [0.2, 0.25) is 5.89 Å². The quantitative estimate of drug-likeness (QED) is 0.200. The van der Waals surface area contributed by atoms with E-state index < -0.39 is 0 Å². The maximum absolute atomic E-state index is 6.16. The van der Waals surface area contributed by atoms with Crippen LogP contribution in [-0.2, 0) is 0 Å². The molecule has 0 aliphatic heterocycles. The molecule has 0 amide bonds. The molecule has 5 nitrogen and oxygen atoms in total. The molecule has 216 valence electrons. The lowest BCUT2D eigenvalue weighted by atomic mass is 10.1. The number of hydrogen-bond acceptors (Lipinski definition) is 4. The van der Waals surface area contributed by atoms with E-state index in [9.17, 15) is 0 Å². The van der Waals surface area contributed by atoms with Gasteiger partial charge in [-0.3, -0.25) is 0 Å². The summed E-state index contributed by atoms with van der Waals surface area (Å²) in [5, 5.41) is 2.35. The van der Waals surface area contributed by atoms with E-state index in [1.165, 1.54) is 10.8 Å². The molecular formula is C41H26N4O. The van der Waals surface area contributed by atoms with Gasteiger partial charge in [0.25, 0.3) is 0 Å². The molecule has 0 saturated carbocycles. The number of hydrogen-bond donors (Lipinski definition) is 0. The Morgan fingerprint density at radius 3 is 1.93 bits per heavy atom. The first-order chi connectivity index (χ1) is 22.8. The summed E-state index contributed by atoms with van der Waals surface area (Å²) >= 11 is 0. The number of oxazole rings is 1. The van der Waals surface area contributed by atoms with E-state index >= 15 is 0 Å². The SMILES string of the molecule is c1ccc(-c2cc(-c3cccc(-n4c5ccccc5c5ccc(-c6nc7ccccc7o6)cc54)c3)nc(-c3ccccc3)n2)cc1. The Morgan fingerprint density at radius 2 is 1.11 bits per heavy atom. The van der Waals surface area contributed by atoms with Crippen LogP contribution >= 0.6 is 0 Å². The summed E-state index contributed by atoms with van der Waals surface area (Å²) in [5.74, 6) is 1.30. The van der Waals surface area contributed by atoms with Crippen LogP contribution in [0.25, 0.3) is 83.9 Å². The minimum Gasteiger partial charge on any atom is -0.436 e. The summed E-state index contributed by atoms with van der Waals surface area (Å²) in [6.45, 7) is 0. The molecule has 6 aromatic carbocycles. The Labute approximate surface area is 265 Å². The van der Waals surface area contributed by atoms with Crippen LogP contribution in [0.2, 0.25) is 0 Å². The summed E-state index contributed by atoms with van der Waals surface area (Å²) in [6, 6.07) is 53.9. The normalized spacial score (nSPS) is 11.5. The highest BCUT2D eigenvalue weighted by Gasteiger charge is 2.17. The molecule has 0 atom stereocenters. The monoisotopic (exact) mass is 590 g/mol. The van der Waals surface area contributed by atoms with Crippen LogP contribution in [0, 0.1) is 0 Å². The van der Waals surface area contributed by atoms with Crippen molar-refractivity contribution >= 4 is 32.9 Å². The Morgan fingerprint density at radius 1 is 0.435 bits per heavy atom.